The van der Waals surface area contributed by atoms with Crippen LogP contribution in [0.3, 0.4) is 0 Å². The Morgan fingerprint density at radius 3 is 2.79 bits per heavy atom. The standard InChI is InChI=1S/C14H12N6O4/c15-9(21)5-20-4-7(1-2-10(20)22)19-13(23)8-3-16-12-11(8)14(24)18-6-17-12/h1-4,6H,5H2,(H2,15,21)(H,19,23)(H2,16,17,18,24). The predicted molar refractivity (Wildman–Crippen MR) is 84.6 cm³/mol. The highest BCUT2D eigenvalue weighted by Gasteiger charge is 2.16. The summed E-state index contributed by atoms with van der Waals surface area (Å²) in [6, 6.07) is 2.58. The van der Waals surface area contributed by atoms with Crippen LogP contribution in [0.25, 0.3) is 11.0 Å². The molecule has 0 atom stereocenters. The first-order valence-corrected chi connectivity index (χ1v) is 6.80. The number of anilines is 1. The number of primary amides is 1. The van der Waals surface area contributed by atoms with Gasteiger partial charge in [-0.3, -0.25) is 19.2 Å². The van der Waals surface area contributed by atoms with E-state index in [0.29, 0.717) is 0 Å². The molecule has 0 aliphatic carbocycles. The Bertz CT molecular complexity index is 1060. The maximum atomic E-state index is 12.4. The van der Waals surface area contributed by atoms with Crippen LogP contribution in [0, 0.1) is 0 Å². The van der Waals surface area contributed by atoms with E-state index in [9.17, 15) is 19.2 Å². The normalized spacial score (nSPS) is 10.7. The van der Waals surface area contributed by atoms with Crippen molar-refractivity contribution in [2.24, 2.45) is 5.73 Å². The Labute approximate surface area is 133 Å². The van der Waals surface area contributed by atoms with E-state index in [-0.39, 0.29) is 28.8 Å². The van der Waals surface area contributed by atoms with Crippen LogP contribution in [0.5, 0.6) is 0 Å². The molecule has 0 aliphatic heterocycles. The van der Waals surface area contributed by atoms with E-state index in [1.165, 1.54) is 30.9 Å². The number of fused-ring (bicyclic) bond motifs is 1. The van der Waals surface area contributed by atoms with Gasteiger partial charge in [-0.15, -0.1) is 0 Å². The number of pyridine rings is 1. The van der Waals surface area contributed by atoms with E-state index >= 15 is 0 Å². The highest BCUT2D eigenvalue weighted by molar-refractivity contribution is 6.12. The Hall–Kier alpha value is -3.69. The van der Waals surface area contributed by atoms with Crippen molar-refractivity contribution in [3.8, 4) is 0 Å². The number of nitrogens with zero attached hydrogens (tertiary/aromatic N) is 2. The Morgan fingerprint density at radius 2 is 2.04 bits per heavy atom. The highest BCUT2D eigenvalue weighted by atomic mass is 16.2. The fraction of sp³-hybridized carbons (Fsp3) is 0.0714. The quantitative estimate of drug-likeness (QED) is 0.491. The van der Waals surface area contributed by atoms with Crippen LogP contribution in [-0.4, -0.2) is 31.3 Å². The summed E-state index contributed by atoms with van der Waals surface area (Å²) in [5.74, 6) is -1.25. The third-order valence-corrected chi connectivity index (χ3v) is 3.29. The van der Waals surface area contributed by atoms with Crippen molar-refractivity contribution in [2.75, 3.05) is 5.32 Å². The summed E-state index contributed by atoms with van der Waals surface area (Å²) in [7, 11) is 0. The molecule has 0 radical (unpaired) electrons. The van der Waals surface area contributed by atoms with Gasteiger partial charge < -0.3 is 25.6 Å². The second-order valence-electron chi connectivity index (χ2n) is 4.96. The molecule has 0 spiro atoms. The molecule has 0 saturated carbocycles. The van der Waals surface area contributed by atoms with E-state index < -0.39 is 22.9 Å². The third-order valence-electron chi connectivity index (χ3n) is 3.29. The number of amides is 2. The molecule has 0 aromatic carbocycles. The van der Waals surface area contributed by atoms with Gasteiger partial charge in [0.1, 0.15) is 12.2 Å². The zero-order chi connectivity index (χ0) is 17.3. The van der Waals surface area contributed by atoms with Gasteiger partial charge in [0, 0.05) is 18.5 Å². The number of nitrogens with one attached hydrogen (secondary N) is 3. The van der Waals surface area contributed by atoms with Crippen molar-refractivity contribution in [3.05, 3.63) is 57.1 Å². The van der Waals surface area contributed by atoms with Crippen LogP contribution >= 0.6 is 0 Å². The second kappa shape index (κ2) is 5.83. The summed E-state index contributed by atoms with van der Waals surface area (Å²) in [6.07, 6.45) is 3.88. The number of hydrogen-bond acceptors (Lipinski definition) is 5. The lowest BCUT2D eigenvalue weighted by Gasteiger charge is -2.07. The van der Waals surface area contributed by atoms with Crippen LogP contribution in [0.4, 0.5) is 5.69 Å². The average molecular weight is 328 g/mol. The first-order valence-electron chi connectivity index (χ1n) is 6.80. The number of rotatable bonds is 4. The van der Waals surface area contributed by atoms with Crippen molar-refractivity contribution >= 4 is 28.5 Å². The van der Waals surface area contributed by atoms with Gasteiger partial charge in [-0.1, -0.05) is 0 Å². The molecule has 24 heavy (non-hydrogen) atoms. The maximum Gasteiger partial charge on any atom is 0.261 e. The number of aromatic nitrogens is 4. The second-order valence-corrected chi connectivity index (χ2v) is 4.96. The van der Waals surface area contributed by atoms with Gasteiger partial charge in [0.05, 0.1) is 23.0 Å². The van der Waals surface area contributed by atoms with E-state index in [1.54, 1.807) is 0 Å². The lowest BCUT2D eigenvalue weighted by atomic mass is 10.2. The smallest absolute Gasteiger partial charge is 0.261 e. The summed E-state index contributed by atoms with van der Waals surface area (Å²) in [6.45, 7) is -0.306. The molecule has 0 saturated heterocycles. The van der Waals surface area contributed by atoms with Gasteiger partial charge in [-0.25, -0.2) is 4.98 Å². The van der Waals surface area contributed by atoms with E-state index in [2.05, 4.69) is 20.3 Å². The Kier molecular flexibility index (Phi) is 3.70. The van der Waals surface area contributed by atoms with Gasteiger partial charge in [0.15, 0.2) is 0 Å². The summed E-state index contributed by atoms with van der Waals surface area (Å²) in [5.41, 5.74) is 4.84. The summed E-state index contributed by atoms with van der Waals surface area (Å²) in [5, 5.41) is 2.68. The molecular weight excluding hydrogens is 316 g/mol. The topological polar surface area (TPSA) is 156 Å². The van der Waals surface area contributed by atoms with Gasteiger partial charge in [0.2, 0.25) is 5.91 Å². The monoisotopic (exact) mass is 328 g/mol. The van der Waals surface area contributed by atoms with Gasteiger partial charge in [-0.05, 0) is 6.07 Å². The van der Waals surface area contributed by atoms with Crippen LogP contribution in [0.1, 0.15) is 10.4 Å². The molecule has 3 aromatic rings. The molecule has 3 aromatic heterocycles. The molecule has 0 fully saturated rings. The SMILES string of the molecule is NC(=O)Cn1cc(NC(=O)c2c[nH]c3nc[nH]c(=O)c23)ccc1=O. The minimum absolute atomic E-state index is 0.104. The van der Waals surface area contributed by atoms with E-state index in [1.807, 2.05) is 0 Å². The molecule has 0 unspecified atom stereocenters. The van der Waals surface area contributed by atoms with Gasteiger partial charge in [-0.2, -0.15) is 0 Å². The van der Waals surface area contributed by atoms with E-state index in [0.717, 1.165) is 4.57 Å². The summed E-state index contributed by atoms with van der Waals surface area (Å²) >= 11 is 0. The van der Waals surface area contributed by atoms with E-state index in [4.69, 9.17) is 5.73 Å². The lowest BCUT2D eigenvalue weighted by Crippen LogP contribution is -2.27. The highest BCUT2D eigenvalue weighted by Crippen LogP contribution is 2.13. The first kappa shape index (κ1) is 15.2. The van der Waals surface area contributed by atoms with Gasteiger partial charge in [0.25, 0.3) is 17.0 Å². The maximum absolute atomic E-state index is 12.4. The van der Waals surface area contributed by atoms with Crippen molar-refractivity contribution in [1.29, 1.82) is 0 Å². The molecule has 5 N–H and O–H groups in total. The number of carbonyl (C=O) groups excluding carboxylic acids is 2. The van der Waals surface area contributed by atoms with Crippen LogP contribution < -0.4 is 22.2 Å². The molecule has 122 valence electrons. The number of carbonyl (C=O) groups is 2. The number of nitrogens with two attached hydrogens (primary N) is 1. The van der Waals surface area contributed by atoms with Crippen LogP contribution in [0.2, 0.25) is 0 Å². The molecule has 10 nitrogen and oxygen atoms in total. The minimum Gasteiger partial charge on any atom is -0.368 e. The molecule has 10 heteroatoms. The Balaban J connectivity index is 1.93. The van der Waals surface area contributed by atoms with Crippen molar-refractivity contribution in [1.82, 2.24) is 19.5 Å². The van der Waals surface area contributed by atoms with Crippen molar-refractivity contribution in [2.45, 2.75) is 6.54 Å². The molecule has 0 bridgehead atoms. The average Bonchev–Trinajstić information content (AvgIpc) is 2.96. The molecule has 0 aliphatic rings. The number of hydrogen-bond donors (Lipinski definition) is 4. The Morgan fingerprint density at radius 1 is 1.25 bits per heavy atom. The van der Waals surface area contributed by atoms with Gasteiger partial charge >= 0.3 is 0 Å². The first-order chi connectivity index (χ1) is 11.5. The molecule has 3 heterocycles. The molecule has 2 amide bonds. The van der Waals surface area contributed by atoms with Crippen molar-refractivity contribution in [3.63, 3.8) is 0 Å². The third kappa shape index (κ3) is 2.79. The minimum atomic E-state index is -0.685. The molecular formula is C14H12N6O4. The van der Waals surface area contributed by atoms with Crippen LogP contribution in [-0.2, 0) is 11.3 Å². The van der Waals surface area contributed by atoms with Crippen LogP contribution in [0.15, 0.2) is 40.4 Å². The fourth-order valence-electron chi connectivity index (χ4n) is 2.25. The van der Waals surface area contributed by atoms with Crippen molar-refractivity contribution < 1.29 is 9.59 Å². The summed E-state index contributed by atoms with van der Waals surface area (Å²) in [4.78, 5) is 55.8. The summed E-state index contributed by atoms with van der Waals surface area (Å²) < 4.78 is 1.07. The number of H-pyrrole nitrogens is 2. The fourth-order valence-corrected chi connectivity index (χ4v) is 2.25. The molecule has 3 rings (SSSR count). The zero-order valence-electron chi connectivity index (χ0n) is 12.2. The number of aromatic amines is 2. The largest absolute Gasteiger partial charge is 0.368 e. The zero-order valence-corrected chi connectivity index (χ0v) is 12.2. The predicted octanol–water partition coefficient (Wildman–Crippen LogP) is -0.850. The lowest BCUT2D eigenvalue weighted by molar-refractivity contribution is -0.118.